The Morgan fingerprint density at radius 1 is 1.29 bits per heavy atom. The molecule has 0 heterocycles. The van der Waals surface area contributed by atoms with E-state index in [1.165, 1.54) is 12.8 Å². The molecule has 1 aliphatic rings. The van der Waals surface area contributed by atoms with Gasteiger partial charge in [0.2, 0.25) is 0 Å². The molecule has 1 saturated carbocycles. The molecule has 21 heavy (non-hydrogen) atoms. The summed E-state index contributed by atoms with van der Waals surface area (Å²) in [7, 11) is 3.13. The van der Waals surface area contributed by atoms with Crippen molar-refractivity contribution in [1.82, 2.24) is 5.32 Å². The second-order valence-electron chi connectivity index (χ2n) is 5.43. The Morgan fingerprint density at radius 2 is 1.95 bits per heavy atom. The summed E-state index contributed by atoms with van der Waals surface area (Å²) in [6.07, 6.45) is 4.75. The minimum atomic E-state index is -0.113. The van der Waals surface area contributed by atoms with Crippen LogP contribution in [0.25, 0.3) is 0 Å². The van der Waals surface area contributed by atoms with E-state index in [-0.39, 0.29) is 11.9 Å². The van der Waals surface area contributed by atoms with Crippen LogP contribution >= 0.6 is 0 Å². The third kappa shape index (κ3) is 3.67. The summed E-state index contributed by atoms with van der Waals surface area (Å²) < 4.78 is 10.4. The molecule has 2 rings (SSSR count). The average molecular weight is 292 g/mol. The van der Waals surface area contributed by atoms with Crippen LogP contribution in [-0.4, -0.2) is 32.7 Å². The molecule has 3 N–H and O–H groups in total. The van der Waals surface area contributed by atoms with Gasteiger partial charge in [-0.15, -0.1) is 0 Å². The largest absolute Gasteiger partial charge is 0.493 e. The Labute approximate surface area is 125 Å². The fraction of sp³-hybridized carbons (Fsp3) is 0.562. The van der Waals surface area contributed by atoms with Crippen molar-refractivity contribution in [3.63, 3.8) is 0 Å². The number of ether oxygens (including phenoxy) is 2. The highest BCUT2D eigenvalue weighted by molar-refractivity contribution is 5.95. The number of hydrogen-bond donors (Lipinski definition) is 2. The van der Waals surface area contributed by atoms with Crippen LogP contribution in [0.2, 0.25) is 0 Å². The lowest BCUT2D eigenvalue weighted by Crippen LogP contribution is -2.44. The van der Waals surface area contributed by atoms with Gasteiger partial charge in [0.1, 0.15) is 0 Å². The molecule has 5 nitrogen and oxygen atoms in total. The van der Waals surface area contributed by atoms with Crippen LogP contribution in [0.3, 0.4) is 0 Å². The molecule has 0 aromatic heterocycles. The third-order valence-electron chi connectivity index (χ3n) is 4.19. The average Bonchev–Trinajstić information content (AvgIpc) is 3.05. The minimum absolute atomic E-state index is 0.0492. The molecule has 0 spiro atoms. The van der Waals surface area contributed by atoms with E-state index in [1.807, 2.05) is 0 Å². The number of hydrogen-bond acceptors (Lipinski definition) is 4. The zero-order valence-electron chi connectivity index (χ0n) is 12.7. The second-order valence-corrected chi connectivity index (χ2v) is 5.43. The normalized spacial score (nSPS) is 16.5. The Kier molecular flexibility index (Phi) is 5.44. The monoisotopic (exact) mass is 292 g/mol. The Bertz CT molecular complexity index is 484. The van der Waals surface area contributed by atoms with Gasteiger partial charge in [0, 0.05) is 18.2 Å². The SMILES string of the molecule is COc1ccc(C(=O)NC(CN)C2CCCC2)cc1OC. The highest BCUT2D eigenvalue weighted by atomic mass is 16.5. The van der Waals surface area contributed by atoms with E-state index in [9.17, 15) is 4.79 Å². The van der Waals surface area contributed by atoms with Crippen molar-refractivity contribution in [3.05, 3.63) is 23.8 Å². The van der Waals surface area contributed by atoms with E-state index in [0.29, 0.717) is 29.5 Å². The number of nitrogens with one attached hydrogen (secondary N) is 1. The highest BCUT2D eigenvalue weighted by Crippen LogP contribution is 2.29. The molecular weight excluding hydrogens is 268 g/mol. The first-order chi connectivity index (χ1) is 10.2. The van der Waals surface area contributed by atoms with E-state index < -0.39 is 0 Å². The van der Waals surface area contributed by atoms with Crippen LogP contribution in [0.4, 0.5) is 0 Å². The van der Waals surface area contributed by atoms with E-state index in [2.05, 4.69) is 5.32 Å². The maximum absolute atomic E-state index is 12.4. The van der Waals surface area contributed by atoms with Gasteiger partial charge in [-0.3, -0.25) is 4.79 Å². The maximum Gasteiger partial charge on any atom is 0.251 e. The lowest BCUT2D eigenvalue weighted by Gasteiger charge is -2.23. The summed E-state index contributed by atoms with van der Waals surface area (Å²) in [4.78, 5) is 12.4. The van der Waals surface area contributed by atoms with Gasteiger partial charge in [-0.2, -0.15) is 0 Å². The van der Waals surface area contributed by atoms with Gasteiger partial charge >= 0.3 is 0 Å². The molecule has 0 radical (unpaired) electrons. The standard InChI is InChI=1S/C16H24N2O3/c1-20-14-8-7-12(9-15(14)21-2)16(19)18-13(10-17)11-5-3-4-6-11/h7-9,11,13H,3-6,10,17H2,1-2H3,(H,18,19). The fourth-order valence-corrected chi connectivity index (χ4v) is 2.96. The van der Waals surface area contributed by atoms with Gasteiger partial charge in [0.25, 0.3) is 5.91 Å². The lowest BCUT2D eigenvalue weighted by atomic mass is 9.98. The van der Waals surface area contributed by atoms with Crippen molar-refractivity contribution >= 4 is 5.91 Å². The van der Waals surface area contributed by atoms with Crippen LogP contribution in [0.1, 0.15) is 36.0 Å². The molecule has 1 aromatic rings. The molecule has 0 aliphatic heterocycles. The van der Waals surface area contributed by atoms with Crippen LogP contribution in [0, 0.1) is 5.92 Å². The van der Waals surface area contributed by atoms with Gasteiger partial charge < -0.3 is 20.5 Å². The number of benzene rings is 1. The summed E-state index contributed by atoms with van der Waals surface area (Å²) in [6, 6.07) is 5.21. The van der Waals surface area contributed by atoms with Gasteiger partial charge in [-0.25, -0.2) is 0 Å². The lowest BCUT2D eigenvalue weighted by molar-refractivity contribution is 0.0923. The molecule has 1 amide bonds. The number of rotatable bonds is 6. The molecule has 1 aliphatic carbocycles. The molecule has 1 atom stereocenters. The van der Waals surface area contributed by atoms with Crippen molar-refractivity contribution in [2.24, 2.45) is 11.7 Å². The summed E-state index contributed by atoms with van der Waals surface area (Å²) in [5.41, 5.74) is 6.38. The fourth-order valence-electron chi connectivity index (χ4n) is 2.96. The first-order valence-electron chi connectivity index (χ1n) is 7.42. The van der Waals surface area contributed by atoms with Crippen molar-refractivity contribution < 1.29 is 14.3 Å². The highest BCUT2D eigenvalue weighted by Gasteiger charge is 2.25. The number of carbonyl (C=O) groups is 1. The first-order valence-corrected chi connectivity index (χ1v) is 7.42. The molecule has 1 unspecified atom stereocenters. The predicted molar refractivity (Wildman–Crippen MR) is 81.8 cm³/mol. The molecule has 0 bridgehead atoms. The molecule has 116 valence electrons. The zero-order chi connectivity index (χ0) is 15.2. The second kappa shape index (κ2) is 7.31. The van der Waals surface area contributed by atoms with Crippen molar-refractivity contribution in [1.29, 1.82) is 0 Å². The van der Waals surface area contributed by atoms with Crippen LogP contribution in [-0.2, 0) is 0 Å². The molecule has 1 fully saturated rings. The summed E-state index contributed by atoms with van der Waals surface area (Å²) in [6.45, 7) is 0.476. The smallest absolute Gasteiger partial charge is 0.251 e. The Balaban J connectivity index is 2.08. The van der Waals surface area contributed by atoms with Gasteiger partial charge in [0.05, 0.1) is 14.2 Å². The molecular formula is C16H24N2O3. The summed E-state index contributed by atoms with van der Waals surface area (Å²) >= 11 is 0. The van der Waals surface area contributed by atoms with Crippen molar-refractivity contribution in [2.75, 3.05) is 20.8 Å². The van der Waals surface area contributed by atoms with Crippen molar-refractivity contribution in [2.45, 2.75) is 31.7 Å². The summed E-state index contributed by atoms with van der Waals surface area (Å²) in [5.74, 6) is 1.55. The molecule has 0 saturated heterocycles. The topological polar surface area (TPSA) is 73.6 Å². The predicted octanol–water partition coefficient (Wildman–Crippen LogP) is 1.95. The van der Waals surface area contributed by atoms with Crippen LogP contribution < -0.4 is 20.5 Å². The number of nitrogens with two attached hydrogens (primary N) is 1. The van der Waals surface area contributed by atoms with Gasteiger partial charge in [0.15, 0.2) is 11.5 Å². The Morgan fingerprint density at radius 3 is 2.52 bits per heavy atom. The van der Waals surface area contributed by atoms with Crippen LogP contribution in [0.15, 0.2) is 18.2 Å². The minimum Gasteiger partial charge on any atom is -0.493 e. The Hall–Kier alpha value is -1.75. The first kappa shape index (κ1) is 15.6. The number of methoxy groups -OCH3 is 2. The van der Waals surface area contributed by atoms with Crippen LogP contribution in [0.5, 0.6) is 11.5 Å². The third-order valence-corrected chi connectivity index (χ3v) is 4.19. The number of carbonyl (C=O) groups excluding carboxylic acids is 1. The molecule has 5 heteroatoms. The van der Waals surface area contributed by atoms with E-state index in [1.54, 1.807) is 32.4 Å². The van der Waals surface area contributed by atoms with Gasteiger partial charge in [-0.1, -0.05) is 12.8 Å². The van der Waals surface area contributed by atoms with Crippen molar-refractivity contribution in [3.8, 4) is 11.5 Å². The maximum atomic E-state index is 12.4. The molecule has 1 aromatic carbocycles. The zero-order valence-corrected chi connectivity index (χ0v) is 12.7. The van der Waals surface area contributed by atoms with E-state index >= 15 is 0 Å². The summed E-state index contributed by atoms with van der Waals surface area (Å²) in [5, 5.41) is 3.05. The quantitative estimate of drug-likeness (QED) is 0.840. The van der Waals surface area contributed by atoms with E-state index in [4.69, 9.17) is 15.2 Å². The van der Waals surface area contributed by atoms with Gasteiger partial charge in [-0.05, 0) is 37.0 Å². The number of amides is 1. The van der Waals surface area contributed by atoms with E-state index in [0.717, 1.165) is 12.8 Å².